The van der Waals surface area contributed by atoms with Crippen LogP contribution in [0.25, 0.3) is 86.2 Å². The molecule has 1 aromatic heterocycles. The van der Waals surface area contributed by atoms with Crippen molar-refractivity contribution >= 4 is 70.1 Å². The van der Waals surface area contributed by atoms with E-state index in [2.05, 4.69) is 229 Å². The van der Waals surface area contributed by atoms with Crippen molar-refractivity contribution < 1.29 is 0 Å². The highest BCUT2D eigenvalue weighted by atomic mass is 32.1. The van der Waals surface area contributed by atoms with Crippen LogP contribution in [0.1, 0.15) is 0 Å². The summed E-state index contributed by atoms with van der Waals surface area (Å²) in [5, 5.41) is 7.68. The summed E-state index contributed by atoms with van der Waals surface area (Å²) in [5.74, 6) is 0. The van der Waals surface area contributed by atoms with Crippen LogP contribution in [-0.2, 0) is 0 Å². The van der Waals surface area contributed by atoms with Crippen LogP contribution in [0.3, 0.4) is 0 Å². The predicted octanol–water partition coefficient (Wildman–Crippen LogP) is 16.5. The molecule has 272 valence electrons. The molecule has 0 fully saturated rings. The average molecular weight is 756 g/mol. The van der Waals surface area contributed by atoms with Gasteiger partial charge in [0.2, 0.25) is 0 Å². The Morgan fingerprint density at radius 2 is 0.741 bits per heavy atom. The van der Waals surface area contributed by atoms with E-state index in [9.17, 15) is 0 Å². The molecule has 0 bridgehead atoms. The van der Waals surface area contributed by atoms with Crippen LogP contribution < -0.4 is 4.90 Å². The maximum Gasteiger partial charge on any atom is 0.0462 e. The van der Waals surface area contributed by atoms with Crippen LogP contribution >= 0.6 is 11.3 Å². The van der Waals surface area contributed by atoms with Gasteiger partial charge in [0.05, 0.1) is 0 Å². The third-order valence-electron chi connectivity index (χ3n) is 11.5. The minimum atomic E-state index is 1.10. The summed E-state index contributed by atoms with van der Waals surface area (Å²) in [5.41, 5.74) is 13.0. The third kappa shape index (κ3) is 6.21. The second-order valence-corrected chi connectivity index (χ2v) is 16.0. The fourth-order valence-corrected chi connectivity index (χ4v) is 9.62. The van der Waals surface area contributed by atoms with E-state index in [0.29, 0.717) is 0 Å². The lowest BCUT2D eigenvalue weighted by molar-refractivity contribution is 1.28. The molecule has 10 aromatic carbocycles. The standard InChI is InChI=1S/C56H37NS/c1-2-11-43-36-46(20-19-38(43)9-1)45-14-7-13-44(35-45)39-21-28-48(29-22-39)57(50-32-25-42(26-33-50)52-17-8-12-41-10-3-4-15-51(41)52)49-30-23-40(24-31-49)47-27-34-54-53-16-5-6-18-55(53)58-56(54)37-47/h1-37H. The molecule has 0 aliphatic heterocycles. The normalized spacial score (nSPS) is 11.4. The van der Waals surface area contributed by atoms with Crippen molar-refractivity contribution in [1.82, 2.24) is 0 Å². The molecule has 0 N–H and O–H groups in total. The van der Waals surface area contributed by atoms with E-state index in [0.717, 1.165) is 17.1 Å². The van der Waals surface area contributed by atoms with Crippen LogP contribution in [0.15, 0.2) is 224 Å². The van der Waals surface area contributed by atoms with Crippen molar-refractivity contribution in [1.29, 1.82) is 0 Å². The predicted molar refractivity (Wildman–Crippen MR) is 251 cm³/mol. The molecule has 0 saturated heterocycles. The van der Waals surface area contributed by atoms with Crippen LogP contribution in [0, 0.1) is 0 Å². The Kier molecular flexibility index (Phi) is 8.42. The number of hydrogen-bond acceptors (Lipinski definition) is 2. The van der Waals surface area contributed by atoms with Gasteiger partial charge < -0.3 is 4.90 Å². The van der Waals surface area contributed by atoms with Crippen LogP contribution in [-0.4, -0.2) is 0 Å². The summed E-state index contributed by atoms with van der Waals surface area (Å²) in [6.07, 6.45) is 0. The summed E-state index contributed by atoms with van der Waals surface area (Å²) in [6.45, 7) is 0. The summed E-state index contributed by atoms with van der Waals surface area (Å²) in [4.78, 5) is 2.36. The fraction of sp³-hybridized carbons (Fsp3) is 0. The molecule has 0 aliphatic carbocycles. The Hall–Kier alpha value is -7.26. The molecule has 1 nitrogen and oxygen atoms in total. The molecule has 0 saturated carbocycles. The Bertz CT molecular complexity index is 3260. The van der Waals surface area contributed by atoms with Crippen LogP contribution in [0.2, 0.25) is 0 Å². The van der Waals surface area contributed by atoms with E-state index in [1.807, 2.05) is 11.3 Å². The molecule has 0 spiro atoms. The summed E-state index contributed by atoms with van der Waals surface area (Å²) in [7, 11) is 0. The van der Waals surface area contributed by atoms with Crippen molar-refractivity contribution in [2.75, 3.05) is 4.90 Å². The molecule has 11 aromatic rings. The molecule has 0 unspecified atom stereocenters. The van der Waals surface area contributed by atoms with E-state index in [1.54, 1.807) is 0 Å². The zero-order chi connectivity index (χ0) is 38.4. The minimum Gasteiger partial charge on any atom is -0.311 e. The van der Waals surface area contributed by atoms with Gasteiger partial charge in [-0.2, -0.15) is 0 Å². The molecule has 0 aliphatic rings. The largest absolute Gasteiger partial charge is 0.311 e. The third-order valence-corrected chi connectivity index (χ3v) is 12.6. The van der Waals surface area contributed by atoms with Gasteiger partial charge in [-0.1, -0.05) is 164 Å². The lowest BCUT2D eigenvalue weighted by atomic mass is 9.97. The van der Waals surface area contributed by atoms with Crippen molar-refractivity contribution in [3.63, 3.8) is 0 Å². The fourth-order valence-electron chi connectivity index (χ4n) is 8.47. The molecular weight excluding hydrogens is 719 g/mol. The first-order chi connectivity index (χ1) is 28.7. The Morgan fingerprint density at radius 1 is 0.259 bits per heavy atom. The first-order valence-electron chi connectivity index (χ1n) is 19.8. The molecular formula is C56H37NS. The Morgan fingerprint density at radius 3 is 1.47 bits per heavy atom. The number of nitrogens with zero attached hydrogens (tertiary/aromatic N) is 1. The number of rotatable bonds is 7. The number of fused-ring (bicyclic) bond motifs is 5. The lowest BCUT2D eigenvalue weighted by Gasteiger charge is -2.26. The second kappa shape index (κ2) is 14.4. The molecule has 0 atom stereocenters. The minimum absolute atomic E-state index is 1.10. The maximum atomic E-state index is 2.36. The first kappa shape index (κ1) is 34.0. The van der Waals surface area contributed by atoms with Crippen molar-refractivity contribution in [2.24, 2.45) is 0 Å². The second-order valence-electron chi connectivity index (χ2n) is 15.0. The molecule has 0 radical (unpaired) electrons. The summed E-state index contributed by atoms with van der Waals surface area (Å²) >= 11 is 1.86. The summed E-state index contributed by atoms with van der Waals surface area (Å²) in [6, 6.07) is 81.9. The first-order valence-corrected chi connectivity index (χ1v) is 20.6. The Balaban J connectivity index is 0.953. The summed E-state index contributed by atoms with van der Waals surface area (Å²) < 4.78 is 2.65. The average Bonchev–Trinajstić information content (AvgIpc) is 3.68. The van der Waals surface area contributed by atoms with E-state index in [-0.39, 0.29) is 0 Å². The molecule has 11 rings (SSSR count). The smallest absolute Gasteiger partial charge is 0.0462 e. The van der Waals surface area contributed by atoms with Crippen molar-refractivity contribution in [3.8, 4) is 44.5 Å². The van der Waals surface area contributed by atoms with Crippen molar-refractivity contribution in [3.05, 3.63) is 224 Å². The van der Waals surface area contributed by atoms with Gasteiger partial charge in [0.1, 0.15) is 0 Å². The molecule has 2 heteroatoms. The lowest BCUT2D eigenvalue weighted by Crippen LogP contribution is -2.09. The van der Waals surface area contributed by atoms with E-state index in [1.165, 1.54) is 86.2 Å². The zero-order valence-corrected chi connectivity index (χ0v) is 32.5. The van der Waals surface area contributed by atoms with E-state index >= 15 is 0 Å². The van der Waals surface area contributed by atoms with E-state index in [4.69, 9.17) is 0 Å². The van der Waals surface area contributed by atoms with Gasteiger partial charge in [-0.15, -0.1) is 11.3 Å². The highest BCUT2D eigenvalue weighted by Gasteiger charge is 2.15. The van der Waals surface area contributed by atoms with Crippen LogP contribution in [0.4, 0.5) is 17.1 Å². The maximum absolute atomic E-state index is 2.36. The highest BCUT2D eigenvalue weighted by molar-refractivity contribution is 7.25. The quantitative estimate of drug-likeness (QED) is 0.157. The van der Waals surface area contributed by atoms with Crippen molar-refractivity contribution in [2.45, 2.75) is 0 Å². The molecule has 1 heterocycles. The zero-order valence-electron chi connectivity index (χ0n) is 31.7. The van der Waals surface area contributed by atoms with Gasteiger partial charge in [-0.3, -0.25) is 0 Å². The number of benzene rings is 10. The number of anilines is 3. The van der Waals surface area contributed by atoms with Gasteiger partial charge in [-0.25, -0.2) is 0 Å². The highest BCUT2D eigenvalue weighted by Crippen LogP contribution is 2.40. The number of hydrogen-bond donors (Lipinski definition) is 0. The Labute approximate surface area is 342 Å². The topological polar surface area (TPSA) is 3.24 Å². The van der Waals surface area contributed by atoms with Gasteiger partial charge in [0, 0.05) is 37.2 Å². The van der Waals surface area contributed by atoms with Gasteiger partial charge in [0.15, 0.2) is 0 Å². The van der Waals surface area contributed by atoms with Gasteiger partial charge in [-0.05, 0) is 127 Å². The van der Waals surface area contributed by atoms with Gasteiger partial charge in [0.25, 0.3) is 0 Å². The van der Waals surface area contributed by atoms with Crippen LogP contribution in [0.5, 0.6) is 0 Å². The SMILES string of the molecule is c1cc(-c2ccc(N(c3ccc(-c4ccc5c(c4)sc4ccccc45)cc3)c3ccc(-c4cccc5ccccc45)cc3)cc2)cc(-c2ccc3ccccc3c2)c1. The van der Waals surface area contributed by atoms with Gasteiger partial charge >= 0.3 is 0 Å². The molecule has 58 heavy (non-hydrogen) atoms. The number of thiophene rings is 1. The molecule has 0 amide bonds. The monoisotopic (exact) mass is 755 g/mol. The van der Waals surface area contributed by atoms with E-state index < -0.39 is 0 Å².